The first-order valence-electron chi connectivity index (χ1n) is 8.55. The molecule has 0 amide bonds. The molecule has 0 aliphatic rings. The van der Waals surface area contributed by atoms with Crippen LogP contribution in [0.5, 0.6) is 0 Å². The summed E-state index contributed by atoms with van der Waals surface area (Å²) in [6, 6.07) is 32.9. The van der Waals surface area contributed by atoms with E-state index in [0.29, 0.717) is 11.8 Å². The summed E-state index contributed by atoms with van der Waals surface area (Å²) in [6.07, 6.45) is 2.38. The van der Waals surface area contributed by atoms with Crippen LogP contribution in [-0.4, -0.2) is 0 Å². The molecule has 0 heteroatoms. The largest absolute Gasteiger partial charge is 0.0654 e. The van der Waals surface area contributed by atoms with Crippen LogP contribution in [0.15, 0.2) is 91.0 Å². The molecule has 3 aromatic rings. The molecule has 0 N–H and O–H groups in total. The highest BCUT2D eigenvalue weighted by atomic mass is 14.3. The maximum absolute atomic E-state index is 2.28. The Hall–Kier alpha value is -2.34. The predicted octanol–water partition coefficient (Wildman–Crippen LogP) is 6.40. The van der Waals surface area contributed by atoms with Crippen molar-refractivity contribution in [3.05, 3.63) is 108 Å². The van der Waals surface area contributed by atoms with Crippen molar-refractivity contribution in [3.8, 4) is 0 Å². The molecule has 0 aromatic heterocycles. The zero-order valence-electron chi connectivity index (χ0n) is 13.7. The molecule has 0 radical (unpaired) electrons. The van der Waals surface area contributed by atoms with Gasteiger partial charge in [-0.3, -0.25) is 0 Å². The van der Waals surface area contributed by atoms with Crippen LogP contribution in [0.25, 0.3) is 0 Å². The number of hydrogen-bond donors (Lipinski definition) is 0. The molecule has 3 aromatic carbocycles. The molecule has 0 aliphatic heterocycles. The van der Waals surface area contributed by atoms with E-state index in [1.54, 1.807) is 0 Å². The minimum Gasteiger partial charge on any atom is -0.0654 e. The maximum atomic E-state index is 2.28. The lowest BCUT2D eigenvalue weighted by atomic mass is 9.75. The van der Waals surface area contributed by atoms with Gasteiger partial charge in [0.05, 0.1) is 0 Å². The molecule has 23 heavy (non-hydrogen) atoms. The van der Waals surface area contributed by atoms with Gasteiger partial charge in [0.15, 0.2) is 0 Å². The lowest BCUT2D eigenvalue weighted by Crippen LogP contribution is -2.13. The van der Waals surface area contributed by atoms with E-state index in [9.17, 15) is 0 Å². The van der Waals surface area contributed by atoms with Gasteiger partial charge in [-0.2, -0.15) is 0 Å². The Morgan fingerprint density at radius 3 is 1.35 bits per heavy atom. The average Bonchev–Trinajstić information content (AvgIpc) is 2.64. The van der Waals surface area contributed by atoms with Gasteiger partial charge in [0.25, 0.3) is 0 Å². The van der Waals surface area contributed by atoms with Crippen molar-refractivity contribution in [1.82, 2.24) is 0 Å². The minimum atomic E-state index is 0.403. The van der Waals surface area contributed by atoms with Gasteiger partial charge >= 0.3 is 0 Å². The van der Waals surface area contributed by atoms with E-state index < -0.39 is 0 Å². The first-order valence-corrected chi connectivity index (χ1v) is 8.55. The van der Waals surface area contributed by atoms with Gasteiger partial charge < -0.3 is 0 Å². The average molecular weight is 300 g/mol. The van der Waals surface area contributed by atoms with Crippen LogP contribution in [0.4, 0.5) is 0 Å². The molecule has 0 heterocycles. The molecule has 0 saturated carbocycles. The molecule has 1 atom stereocenters. The summed E-state index contributed by atoms with van der Waals surface area (Å²) >= 11 is 0. The van der Waals surface area contributed by atoms with E-state index in [1.807, 2.05) is 0 Å². The van der Waals surface area contributed by atoms with E-state index >= 15 is 0 Å². The fourth-order valence-electron chi connectivity index (χ4n) is 3.51. The van der Waals surface area contributed by atoms with E-state index in [-0.39, 0.29) is 0 Å². The molecule has 0 spiro atoms. The second-order valence-corrected chi connectivity index (χ2v) is 6.10. The summed E-state index contributed by atoms with van der Waals surface area (Å²) < 4.78 is 0. The van der Waals surface area contributed by atoms with Gasteiger partial charge in [0.2, 0.25) is 0 Å². The van der Waals surface area contributed by atoms with Gasteiger partial charge in [0, 0.05) is 5.92 Å². The molecular formula is C23H24. The van der Waals surface area contributed by atoms with Gasteiger partial charge in [-0.25, -0.2) is 0 Å². The first kappa shape index (κ1) is 15.6. The summed E-state index contributed by atoms with van der Waals surface area (Å²) in [4.78, 5) is 0. The van der Waals surface area contributed by atoms with Crippen molar-refractivity contribution in [3.63, 3.8) is 0 Å². The molecule has 0 aliphatic carbocycles. The van der Waals surface area contributed by atoms with Crippen molar-refractivity contribution in [2.45, 2.75) is 31.6 Å². The number of rotatable bonds is 6. The van der Waals surface area contributed by atoms with Crippen LogP contribution in [0, 0.1) is 0 Å². The lowest BCUT2D eigenvalue weighted by Gasteiger charge is -2.28. The first-order chi connectivity index (χ1) is 11.4. The van der Waals surface area contributed by atoms with Crippen molar-refractivity contribution >= 4 is 0 Å². The second kappa shape index (κ2) is 7.78. The smallest absolute Gasteiger partial charge is 0.0158 e. The molecule has 0 saturated heterocycles. The van der Waals surface area contributed by atoms with E-state index in [1.165, 1.54) is 29.5 Å². The molecule has 116 valence electrons. The zero-order valence-corrected chi connectivity index (χ0v) is 13.7. The zero-order chi connectivity index (χ0) is 15.9. The Labute approximate surface area is 139 Å². The maximum Gasteiger partial charge on any atom is 0.0158 e. The monoisotopic (exact) mass is 300 g/mol. The van der Waals surface area contributed by atoms with Gasteiger partial charge in [-0.05, 0) is 29.0 Å². The van der Waals surface area contributed by atoms with Crippen molar-refractivity contribution in [2.24, 2.45) is 0 Å². The standard InChI is InChI=1S/C23H24/c1-2-12-22(19-13-6-3-7-14-19)23(20-15-8-4-9-16-20)21-17-10-5-11-18-21/h3-11,13-18,22-23H,2,12H2,1H3. The Kier molecular flexibility index (Phi) is 5.26. The van der Waals surface area contributed by atoms with Gasteiger partial charge in [-0.15, -0.1) is 0 Å². The van der Waals surface area contributed by atoms with Crippen LogP contribution >= 0.6 is 0 Å². The Bertz CT molecular complexity index is 646. The van der Waals surface area contributed by atoms with Gasteiger partial charge in [-0.1, -0.05) is 104 Å². The molecule has 0 bridgehead atoms. The SMILES string of the molecule is CCCC(c1ccccc1)C(c1ccccc1)c1ccccc1. The van der Waals surface area contributed by atoms with Crippen LogP contribution in [0.3, 0.4) is 0 Å². The van der Waals surface area contributed by atoms with Crippen LogP contribution in [-0.2, 0) is 0 Å². The molecule has 1 unspecified atom stereocenters. The molecule has 3 rings (SSSR count). The van der Waals surface area contributed by atoms with Crippen LogP contribution in [0.1, 0.15) is 48.3 Å². The van der Waals surface area contributed by atoms with E-state index in [0.717, 1.165) is 0 Å². The number of benzene rings is 3. The van der Waals surface area contributed by atoms with Crippen molar-refractivity contribution in [2.75, 3.05) is 0 Å². The fraction of sp³-hybridized carbons (Fsp3) is 0.217. The summed E-state index contributed by atoms with van der Waals surface area (Å²) in [5.74, 6) is 0.908. The third kappa shape index (κ3) is 3.71. The Balaban J connectivity index is 2.09. The predicted molar refractivity (Wildman–Crippen MR) is 98.8 cm³/mol. The summed E-state index contributed by atoms with van der Waals surface area (Å²) in [5.41, 5.74) is 4.24. The third-order valence-corrected chi connectivity index (χ3v) is 4.55. The quantitative estimate of drug-likeness (QED) is 0.494. The van der Waals surface area contributed by atoms with Crippen LogP contribution < -0.4 is 0 Å². The van der Waals surface area contributed by atoms with Crippen molar-refractivity contribution in [1.29, 1.82) is 0 Å². The lowest BCUT2D eigenvalue weighted by molar-refractivity contribution is 0.551. The Morgan fingerprint density at radius 1 is 0.565 bits per heavy atom. The van der Waals surface area contributed by atoms with Crippen LogP contribution in [0.2, 0.25) is 0 Å². The molecular weight excluding hydrogens is 276 g/mol. The van der Waals surface area contributed by atoms with E-state index in [4.69, 9.17) is 0 Å². The second-order valence-electron chi connectivity index (χ2n) is 6.10. The third-order valence-electron chi connectivity index (χ3n) is 4.55. The van der Waals surface area contributed by atoms with Gasteiger partial charge in [0.1, 0.15) is 0 Å². The van der Waals surface area contributed by atoms with E-state index in [2.05, 4.69) is 97.9 Å². The summed E-state index contributed by atoms with van der Waals surface area (Å²) in [6.45, 7) is 2.28. The number of hydrogen-bond acceptors (Lipinski definition) is 0. The van der Waals surface area contributed by atoms with Crippen molar-refractivity contribution < 1.29 is 0 Å². The topological polar surface area (TPSA) is 0 Å². The highest BCUT2D eigenvalue weighted by Gasteiger charge is 2.25. The minimum absolute atomic E-state index is 0.403. The fourth-order valence-corrected chi connectivity index (χ4v) is 3.51. The highest BCUT2D eigenvalue weighted by molar-refractivity contribution is 5.38. The highest BCUT2D eigenvalue weighted by Crippen LogP contribution is 2.41. The molecule has 0 nitrogen and oxygen atoms in total. The summed E-state index contributed by atoms with van der Waals surface area (Å²) in [7, 11) is 0. The summed E-state index contributed by atoms with van der Waals surface area (Å²) in [5, 5.41) is 0. The normalized spacial score (nSPS) is 12.3. The Morgan fingerprint density at radius 2 is 0.957 bits per heavy atom. The molecule has 0 fully saturated rings.